The monoisotopic (exact) mass is 321 g/mol. The van der Waals surface area contributed by atoms with Crippen LogP contribution < -0.4 is 11.1 Å². The van der Waals surface area contributed by atoms with Gasteiger partial charge < -0.3 is 16.0 Å². The molecular formula is C12H21Cl2N5O. The van der Waals surface area contributed by atoms with E-state index in [1.165, 1.54) is 12.4 Å². The van der Waals surface area contributed by atoms with Crippen molar-refractivity contribution >= 4 is 36.5 Å². The average molecular weight is 322 g/mol. The van der Waals surface area contributed by atoms with E-state index >= 15 is 0 Å². The zero-order valence-electron chi connectivity index (χ0n) is 11.4. The molecule has 20 heavy (non-hydrogen) atoms. The van der Waals surface area contributed by atoms with E-state index in [1.54, 1.807) is 0 Å². The lowest BCUT2D eigenvalue weighted by Gasteiger charge is -2.28. The van der Waals surface area contributed by atoms with Crippen LogP contribution in [0, 0.1) is 0 Å². The van der Waals surface area contributed by atoms with Gasteiger partial charge in [0.1, 0.15) is 0 Å². The Morgan fingerprint density at radius 2 is 2.15 bits per heavy atom. The summed E-state index contributed by atoms with van der Waals surface area (Å²) < 4.78 is 0. The van der Waals surface area contributed by atoms with E-state index in [0.717, 1.165) is 32.5 Å². The number of halogens is 2. The molecule has 2 heterocycles. The Morgan fingerprint density at radius 3 is 2.70 bits per heavy atom. The highest BCUT2D eigenvalue weighted by Gasteiger charge is 2.28. The van der Waals surface area contributed by atoms with E-state index in [1.807, 2.05) is 4.90 Å². The minimum Gasteiger partial charge on any atom is -0.382 e. The summed E-state index contributed by atoms with van der Waals surface area (Å²) in [5.41, 5.74) is 5.98. The smallest absolute Gasteiger partial charge is 0.276 e. The first-order valence-electron chi connectivity index (χ1n) is 6.32. The first-order valence-corrected chi connectivity index (χ1v) is 6.32. The minimum absolute atomic E-state index is 0. The number of nitrogens with one attached hydrogen (secondary N) is 1. The number of nitrogen functional groups attached to an aromatic ring is 1. The van der Waals surface area contributed by atoms with Crippen molar-refractivity contribution in [2.75, 3.05) is 25.4 Å². The molecule has 3 N–H and O–H groups in total. The second-order valence-corrected chi connectivity index (χ2v) is 4.44. The van der Waals surface area contributed by atoms with Crippen molar-refractivity contribution in [3.05, 3.63) is 18.1 Å². The molecule has 1 fully saturated rings. The van der Waals surface area contributed by atoms with Gasteiger partial charge >= 0.3 is 0 Å². The average Bonchev–Trinajstić information content (AvgIpc) is 2.89. The van der Waals surface area contributed by atoms with Gasteiger partial charge in [-0.25, -0.2) is 9.97 Å². The van der Waals surface area contributed by atoms with E-state index in [0.29, 0.717) is 0 Å². The van der Waals surface area contributed by atoms with E-state index < -0.39 is 0 Å². The summed E-state index contributed by atoms with van der Waals surface area (Å²) in [6, 6.07) is 0.235. The van der Waals surface area contributed by atoms with Crippen LogP contribution in [0.5, 0.6) is 0 Å². The van der Waals surface area contributed by atoms with Gasteiger partial charge in [-0.05, 0) is 19.4 Å². The van der Waals surface area contributed by atoms with Gasteiger partial charge in [0.25, 0.3) is 5.91 Å². The number of aromatic nitrogens is 2. The van der Waals surface area contributed by atoms with Crippen LogP contribution in [0.3, 0.4) is 0 Å². The summed E-state index contributed by atoms with van der Waals surface area (Å²) in [7, 11) is 0. The van der Waals surface area contributed by atoms with E-state index in [-0.39, 0.29) is 48.3 Å². The number of carbonyl (C=O) groups excluding carboxylic acids is 1. The van der Waals surface area contributed by atoms with Crippen molar-refractivity contribution in [3.8, 4) is 0 Å². The van der Waals surface area contributed by atoms with Crippen LogP contribution in [0.2, 0.25) is 0 Å². The maximum Gasteiger partial charge on any atom is 0.276 e. The number of nitrogens with two attached hydrogens (primary N) is 1. The van der Waals surface area contributed by atoms with Crippen LogP contribution in [-0.4, -0.2) is 46.5 Å². The van der Waals surface area contributed by atoms with Crippen molar-refractivity contribution in [3.63, 3.8) is 0 Å². The molecule has 114 valence electrons. The summed E-state index contributed by atoms with van der Waals surface area (Å²) in [4.78, 5) is 22.3. The van der Waals surface area contributed by atoms with Gasteiger partial charge in [0.05, 0.1) is 0 Å². The zero-order chi connectivity index (χ0) is 13.0. The fraction of sp³-hybridized carbons (Fsp3) is 0.583. The topological polar surface area (TPSA) is 84.1 Å². The molecule has 1 aliphatic rings. The molecule has 1 aliphatic heterocycles. The van der Waals surface area contributed by atoms with Gasteiger partial charge in [0, 0.05) is 31.5 Å². The Labute approximate surface area is 131 Å². The molecule has 1 saturated heterocycles. The van der Waals surface area contributed by atoms with E-state index in [2.05, 4.69) is 22.2 Å². The lowest BCUT2D eigenvalue weighted by atomic mass is 10.2. The number of carbonyl (C=O) groups is 1. The minimum atomic E-state index is -0.115. The maximum atomic E-state index is 12.5. The van der Waals surface area contributed by atoms with Crippen LogP contribution in [0.4, 0.5) is 5.82 Å². The fourth-order valence-electron chi connectivity index (χ4n) is 2.25. The predicted molar refractivity (Wildman–Crippen MR) is 83.5 cm³/mol. The van der Waals surface area contributed by atoms with E-state index in [9.17, 15) is 4.79 Å². The summed E-state index contributed by atoms with van der Waals surface area (Å²) in [6.07, 6.45) is 4.89. The van der Waals surface area contributed by atoms with Gasteiger partial charge in [-0.3, -0.25) is 4.79 Å². The molecule has 1 atom stereocenters. The third-order valence-electron chi connectivity index (χ3n) is 3.13. The molecule has 2 rings (SSSR count). The second-order valence-electron chi connectivity index (χ2n) is 4.44. The molecule has 8 heteroatoms. The summed E-state index contributed by atoms with van der Waals surface area (Å²) in [6.45, 7) is 4.57. The summed E-state index contributed by atoms with van der Waals surface area (Å²) >= 11 is 0. The maximum absolute atomic E-state index is 12.5. The molecule has 0 spiro atoms. The fourth-order valence-corrected chi connectivity index (χ4v) is 2.25. The van der Waals surface area contributed by atoms with Crippen molar-refractivity contribution in [2.45, 2.75) is 25.8 Å². The Balaban J connectivity index is 0.00000180. The quantitative estimate of drug-likeness (QED) is 0.868. The molecule has 1 unspecified atom stereocenters. The highest BCUT2D eigenvalue weighted by molar-refractivity contribution is 5.96. The highest BCUT2D eigenvalue weighted by atomic mass is 35.5. The highest BCUT2D eigenvalue weighted by Crippen LogP contribution is 2.15. The van der Waals surface area contributed by atoms with Crippen molar-refractivity contribution in [1.82, 2.24) is 20.2 Å². The molecule has 1 amide bonds. The Morgan fingerprint density at radius 1 is 1.45 bits per heavy atom. The molecule has 6 nitrogen and oxygen atoms in total. The van der Waals surface area contributed by atoms with Crippen LogP contribution in [0.15, 0.2) is 12.4 Å². The predicted octanol–water partition coefficient (Wildman–Crippen LogP) is 1.12. The Kier molecular flexibility index (Phi) is 8.45. The SMILES string of the molecule is CCCN(C(=O)c1nccnc1N)C1CCNC1.Cl.Cl. The molecule has 0 bridgehead atoms. The summed E-state index contributed by atoms with van der Waals surface area (Å²) in [5, 5.41) is 3.27. The molecule has 0 aliphatic carbocycles. The van der Waals surface area contributed by atoms with Crippen molar-refractivity contribution in [2.24, 2.45) is 0 Å². The van der Waals surface area contributed by atoms with Gasteiger partial charge in [-0.15, -0.1) is 24.8 Å². The molecule has 0 radical (unpaired) electrons. The number of hydrogen-bond acceptors (Lipinski definition) is 5. The van der Waals surface area contributed by atoms with Crippen LogP contribution in [-0.2, 0) is 0 Å². The molecule has 1 aromatic heterocycles. The molecule has 1 aromatic rings. The lowest BCUT2D eigenvalue weighted by molar-refractivity contribution is 0.0687. The van der Waals surface area contributed by atoms with Gasteiger partial charge in [-0.1, -0.05) is 6.92 Å². The summed E-state index contributed by atoms with van der Waals surface area (Å²) in [5.74, 6) is 0.0886. The lowest BCUT2D eigenvalue weighted by Crippen LogP contribution is -2.42. The third-order valence-corrected chi connectivity index (χ3v) is 3.13. The van der Waals surface area contributed by atoms with E-state index in [4.69, 9.17) is 5.73 Å². The van der Waals surface area contributed by atoms with Crippen LogP contribution in [0.1, 0.15) is 30.3 Å². The first-order chi connectivity index (χ1) is 8.74. The molecular weight excluding hydrogens is 301 g/mol. The second kappa shape index (κ2) is 8.94. The van der Waals surface area contributed by atoms with Crippen LogP contribution in [0.25, 0.3) is 0 Å². The number of hydrogen-bond donors (Lipinski definition) is 2. The normalized spacial score (nSPS) is 16.9. The van der Waals surface area contributed by atoms with Gasteiger partial charge in [-0.2, -0.15) is 0 Å². The largest absolute Gasteiger partial charge is 0.382 e. The molecule has 0 saturated carbocycles. The van der Waals surface area contributed by atoms with Gasteiger partial charge in [0.15, 0.2) is 11.5 Å². The standard InChI is InChI=1S/C12H19N5O.2ClH/c1-2-7-17(9-3-4-14-8-9)12(18)10-11(13)16-6-5-15-10;;/h5-6,9,14H,2-4,7-8H2,1H3,(H2,13,16);2*1H. The molecule has 0 aromatic carbocycles. The first kappa shape index (κ1) is 18.9. The van der Waals surface area contributed by atoms with Gasteiger partial charge in [0.2, 0.25) is 0 Å². The number of anilines is 1. The number of amides is 1. The van der Waals surface area contributed by atoms with Crippen molar-refractivity contribution in [1.29, 1.82) is 0 Å². The Bertz CT molecular complexity index is 426. The van der Waals surface area contributed by atoms with Crippen LogP contribution >= 0.6 is 24.8 Å². The van der Waals surface area contributed by atoms with Crippen molar-refractivity contribution < 1.29 is 4.79 Å². The number of nitrogens with zero attached hydrogens (tertiary/aromatic N) is 3. The zero-order valence-corrected chi connectivity index (χ0v) is 13.0. The number of rotatable bonds is 4. The Hall–Kier alpha value is -1.11. The third kappa shape index (κ3) is 4.19.